The van der Waals surface area contributed by atoms with Crippen LogP contribution in [0.15, 0.2) is 155 Å². The van der Waals surface area contributed by atoms with Crippen LogP contribution in [0, 0.1) is 0 Å². The third-order valence-electron chi connectivity index (χ3n) is 18.0. The average molecular weight is 1450 g/mol. The molecule has 5 aliphatic heterocycles. The van der Waals surface area contributed by atoms with E-state index in [9.17, 15) is 43.2 Å². The quantitative estimate of drug-likeness (QED) is 0.0111. The van der Waals surface area contributed by atoms with Crippen LogP contribution in [0.2, 0.25) is 0 Å². The minimum Gasteiger partial charge on any atom is -0.493 e. The number of anilines is 1. The third-order valence-corrected chi connectivity index (χ3v) is 18.8. The smallest absolute Gasteiger partial charge is 0.493 e. The van der Waals surface area contributed by atoms with Gasteiger partial charge in [-0.15, -0.1) is 8.42 Å². The van der Waals surface area contributed by atoms with Gasteiger partial charge >= 0.3 is 10.4 Å². The number of carbonyl (C=O) groups excluding carboxylic acids is 3. The molecule has 12 rings (SSSR count). The molecule has 0 saturated carbocycles. The summed E-state index contributed by atoms with van der Waals surface area (Å²) in [6.07, 6.45) is 0.104. The monoisotopic (exact) mass is 1450 g/mol. The number of benzene rings is 6. The van der Waals surface area contributed by atoms with Gasteiger partial charge in [-0.25, -0.2) is 4.57 Å². The first kappa shape index (κ1) is 73.3. The number of methoxy groups -OCH3 is 2. The molecule has 1 fully saturated rings. The van der Waals surface area contributed by atoms with Crippen LogP contribution in [-0.4, -0.2) is 211 Å². The predicted octanol–water partition coefficient (Wildman–Crippen LogP) is 5.54. The molecule has 7 aromatic rings. The molecule has 5 N–H and O–H groups in total. The fraction of sp³-hybridized carbons (Fsp3) is 0.370. The van der Waals surface area contributed by atoms with Crippen LogP contribution >= 0.6 is 0 Å². The minimum atomic E-state index is -5.04. The van der Waals surface area contributed by atoms with Crippen molar-refractivity contribution in [3.63, 3.8) is 0 Å². The van der Waals surface area contributed by atoms with Crippen molar-refractivity contribution in [1.29, 1.82) is 0 Å². The number of hydrogen-bond donors (Lipinski definition) is 5. The molecular weight excluding hydrogens is 1370 g/mol. The molecule has 30 nitrogen and oxygen atoms in total. The highest BCUT2D eigenvalue weighted by atomic mass is 32.3. The van der Waals surface area contributed by atoms with Gasteiger partial charge in [-0.05, 0) is 95.2 Å². The maximum atomic E-state index is 14.2. The van der Waals surface area contributed by atoms with Gasteiger partial charge in [0.05, 0.1) is 108 Å². The molecular formula is C73H79N10O20S+. The molecule has 546 valence electrons. The van der Waals surface area contributed by atoms with E-state index in [4.69, 9.17) is 66.5 Å². The Hall–Kier alpha value is -10.4. The number of nitrogens with one attached hydrogen (secondary N) is 1. The molecule has 0 aliphatic carbocycles. The second-order valence-corrected chi connectivity index (χ2v) is 25.8. The summed E-state index contributed by atoms with van der Waals surface area (Å²) in [6.45, 7) is 3.05. The Morgan fingerprint density at radius 2 is 1.21 bits per heavy atom. The number of aliphatic hydroxyl groups is 4. The van der Waals surface area contributed by atoms with Gasteiger partial charge in [-0.3, -0.25) is 24.4 Å². The van der Waals surface area contributed by atoms with Crippen molar-refractivity contribution in [2.75, 3.05) is 105 Å². The minimum absolute atomic E-state index is 0.0362. The number of azide groups is 1. The zero-order valence-corrected chi connectivity index (χ0v) is 57.8. The number of amides is 3. The predicted molar refractivity (Wildman–Crippen MR) is 375 cm³/mol. The molecule has 1 aromatic heterocycles. The van der Waals surface area contributed by atoms with Crippen molar-refractivity contribution in [3.05, 3.63) is 195 Å². The van der Waals surface area contributed by atoms with Crippen LogP contribution < -0.4 is 46.8 Å². The molecule has 3 amide bonds. The molecule has 2 unspecified atom stereocenters. The van der Waals surface area contributed by atoms with Gasteiger partial charge in [0, 0.05) is 84.6 Å². The Bertz CT molecular complexity index is 4280. The molecule has 6 heterocycles. The number of aromatic nitrogens is 1. The second kappa shape index (κ2) is 34.2. The summed E-state index contributed by atoms with van der Waals surface area (Å²) in [5.41, 5.74) is 16.1. The lowest BCUT2D eigenvalue weighted by molar-refractivity contribution is -0.688. The fourth-order valence-corrected chi connectivity index (χ4v) is 13.3. The zero-order chi connectivity index (χ0) is 72.7. The maximum Gasteiger partial charge on any atom is 0.501 e. The Morgan fingerprint density at radius 3 is 1.77 bits per heavy atom. The lowest BCUT2D eigenvalue weighted by Gasteiger charge is -2.39. The van der Waals surface area contributed by atoms with E-state index in [1.54, 1.807) is 36.4 Å². The maximum absolute atomic E-state index is 14.2. The summed E-state index contributed by atoms with van der Waals surface area (Å²) in [5.74, 6) is -0.600. The van der Waals surface area contributed by atoms with E-state index in [0.717, 1.165) is 34.5 Å². The Kier molecular flexibility index (Phi) is 24.1. The van der Waals surface area contributed by atoms with Crippen molar-refractivity contribution in [2.24, 2.45) is 15.1 Å². The van der Waals surface area contributed by atoms with E-state index >= 15 is 0 Å². The van der Waals surface area contributed by atoms with E-state index < -0.39 is 65.1 Å². The highest BCUT2D eigenvalue weighted by molar-refractivity contribution is 7.82. The number of aliphatic imine (C=N–C) groups is 2. The van der Waals surface area contributed by atoms with E-state index in [2.05, 4.69) is 32.4 Å². The molecule has 0 spiro atoms. The summed E-state index contributed by atoms with van der Waals surface area (Å²) >= 11 is 0. The van der Waals surface area contributed by atoms with E-state index in [0.29, 0.717) is 97.7 Å². The lowest BCUT2D eigenvalue weighted by atomic mass is 9.94. The number of fused-ring (bicyclic) bond motifs is 6. The largest absolute Gasteiger partial charge is 0.501 e. The van der Waals surface area contributed by atoms with Crippen molar-refractivity contribution < 1.29 is 98.8 Å². The summed E-state index contributed by atoms with van der Waals surface area (Å²) in [6, 6.07) is 36.0. The molecule has 5 aliphatic rings. The SMILES string of the molecule is COc1cc2c(cc1OCCN(CCOc1cc3c(cc1OC)C(=O)N1Cc4ccccc4C[C@H]1C=N3)c1cc[n+](Cc3ccc(OS(=O)(=O)Oc4cc(C(=O)NCCOCCOCCOCCN=[N+]=[N-])ccc4OC4O[C@H](CO)[C@H](O)[C@H](O)[C@H]4O)cc3)cc1)N=CC1Cc3ccccc3CN1C2=O. The van der Waals surface area contributed by atoms with Crippen molar-refractivity contribution >= 4 is 57.6 Å². The summed E-state index contributed by atoms with van der Waals surface area (Å²) < 4.78 is 92.4. The molecule has 1 saturated heterocycles. The Balaban J connectivity index is 0.712. The van der Waals surface area contributed by atoms with Crippen molar-refractivity contribution in [3.8, 4) is 40.2 Å². The normalized spacial score (nSPS) is 19.3. The standard InChI is InChI=1S/C73H78N10O20S/c1-93-61-36-56-58(76-40-53-33-47-7-3-5-9-50(47)43-82(53)71(56)89)38-63(61)98-27-23-81(24-28-99-64-39-59-57(37-62(64)94-2)72(90)83-44-51-10-6-4-8-48(51)34-54(83)41-77-59)52-17-21-80(22-18-52)42-46-11-14-55(15-12-46)102-104(91,92)103-65-35-49(13-16-60(65)100-73-69(87)68(86)67(85)66(45-84)101-73)70(88)75-19-25-95-29-31-97-32-30-96-26-20-78-79-74/h3-18,21-22,35-41,53-54,66-69,73,84-87H,19-20,23-34,42-45H2,1-2H3/p+1/t53-,54?,66+,67-,68-,69+,73?/m0/s1. The third kappa shape index (κ3) is 17.8. The Morgan fingerprint density at radius 1 is 0.654 bits per heavy atom. The van der Waals surface area contributed by atoms with Gasteiger partial charge in [-0.1, -0.05) is 53.6 Å². The highest BCUT2D eigenvalue weighted by Crippen LogP contribution is 2.41. The number of nitrogens with zero attached hydrogens (tertiary/aromatic N) is 9. The van der Waals surface area contributed by atoms with Crippen LogP contribution in [0.3, 0.4) is 0 Å². The van der Waals surface area contributed by atoms with Gasteiger partial charge in [0.15, 0.2) is 53.4 Å². The first-order valence-corrected chi connectivity index (χ1v) is 35.0. The topological polar surface area (TPSA) is 367 Å². The number of pyridine rings is 1. The molecule has 0 bridgehead atoms. The van der Waals surface area contributed by atoms with Crippen molar-refractivity contribution in [2.45, 2.75) is 75.3 Å². The molecule has 6 aromatic carbocycles. The van der Waals surface area contributed by atoms with E-state index in [1.165, 1.54) is 43.5 Å². The van der Waals surface area contributed by atoms with Crippen LogP contribution in [0.5, 0.6) is 40.2 Å². The van der Waals surface area contributed by atoms with Gasteiger partial charge in [0.25, 0.3) is 17.7 Å². The first-order chi connectivity index (χ1) is 50.6. The number of rotatable bonds is 33. The van der Waals surface area contributed by atoms with E-state index in [-0.39, 0.29) is 94.5 Å². The number of hydrogen-bond acceptors (Lipinski definition) is 24. The summed E-state index contributed by atoms with van der Waals surface area (Å²) in [5, 5.41) is 47.5. The van der Waals surface area contributed by atoms with Gasteiger partial charge in [0.2, 0.25) is 6.29 Å². The van der Waals surface area contributed by atoms with Crippen LogP contribution in [-0.2, 0) is 61.8 Å². The lowest BCUT2D eigenvalue weighted by Crippen LogP contribution is -2.60. The first-order valence-electron chi connectivity index (χ1n) is 33.7. The van der Waals surface area contributed by atoms with Crippen molar-refractivity contribution in [1.82, 2.24) is 15.1 Å². The van der Waals surface area contributed by atoms with Crippen LogP contribution in [0.1, 0.15) is 58.9 Å². The number of carbonyl (C=O) groups is 3. The summed E-state index contributed by atoms with van der Waals surface area (Å²) in [7, 11) is -2.00. The van der Waals surface area contributed by atoms with Gasteiger partial charge < -0.3 is 91.4 Å². The molecule has 0 radical (unpaired) electrons. The highest BCUT2D eigenvalue weighted by Gasteiger charge is 2.45. The average Bonchev–Trinajstić information content (AvgIpc) is 1.64. The Labute approximate surface area is 599 Å². The molecule has 31 heteroatoms. The van der Waals surface area contributed by atoms with Crippen LogP contribution in [0.25, 0.3) is 10.4 Å². The zero-order valence-electron chi connectivity index (χ0n) is 57.0. The van der Waals surface area contributed by atoms with E-state index in [1.807, 2.05) is 87.7 Å². The molecule has 7 atom stereocenters. The fourth-order valence-electron chi connectivity index (χ4n) is 12.6. The molecule has 104 heavy (non-hydrogen) atoms. The second-order valence-electron chi connectivity index (χ2n) is 24.7. The van der Waals surface area contributed by atoms with Gasteiger partial charge in [-0.2, -0.15) is 0 Å². The van der Waals surface area contributed by atoms with Crippen LogP contribution in [0.4, 0.5) is 17.1 Å². The number of aliphatic hydroxyl groups excluding tert-OH is 4. The number of ether oxygens (including phenoxy) is 9. The summed E-state index contributed by atoms with van der Waals surface area (Å²) in [4.78, 5) is 59.8. The van der Waals surface area contributed by atoms with Gasteiger partial charge in [0.1, 0.15) is 43.4 Å².